The van der Waals surface area contributed by atoms with E-state index in [1.165, 1.54) is 43.5 Å². The zero-order valence-corrected chi connectivity index (χ0v) is 20.3. The Kier molecular flexibility index (Phi) is 6.63. The predicted molar refractivity (Wildman–Crippen MR) is 129 cm³/mol. The van der Waals surface area contributed by atoms with Gasteiger partial charge in [0.05, 0.1) is 23.3 Å². The smallest absolute Gasteiger partial charge is 0.338 e. The van der Waals surface area contributed by atoms with Crippen molar-refractivity contribution in [3.05, 3.63) is 81.1 Å². The summed E-state index contributed by atoms with van der Waals surface area (Å²) in [6.45, 7) is 0.102. The first-order valence-electron chi connectivity index (χ1n) is 10.0. The minimum Gasteiger partial charge on any atom is -0.496 e. The van der Waals surface area contributed by atoms with Crippen LogP contribution >= 0.6 is 23.2 Å². The standard InChI is InChI=1S/C23H17Cl2FN2O6S/c1-34-21-7-12(22(29)27-15-2-3-17(23(30)31)19(26)11-15)6-20-18(21)4-5-28(20)35(32,33)16-9-13(24)8-14(25)10-16/h2-3,6-11H,4-5H2,1H3,(H,27,29)(H,30,31). The van der Waals surface area contributed by atoms with Crippen molar-refractivity contribution in [1.29, 1.82) is 0 Å². The molecule has 1 amide bonds. The molecule has 8 nitrogen and oxygen atoms in total. The van der Waals surface area contributed by atoms with Gasteiger partial charge < -0.3 is 15.2 Å². The Morgan fingerprint density at radius 3 is 2.37 bits per heavy atom. The Morgan fingerprint density at radius 2 is 1.77 bits per heavy atom. The quantitative estimate of drug-likeness (QED) is 0.464. The Labute approximate surface area is 209 Å². The van der Waals surface area contributed by atoms with Gasteiger partial charge in [0.15, 0.2) is 0 Å². The van der Waals surface area contributed by atoms with Crippen LogP contribution in [0.1, 0.15) is 26.3 Å². The van der Waals surface area contributed by atoms with Crippen LogP contribution in [-0.4, -0.2) is 39.1 Å². The molecule has 0 fully saturated rings. The van der Waals surface area contributed by atoms with E-state index in [0.717, 1.165) is 16.4 Å². The number of halogens is 3. The number of nitrogens with zero attached hydrogens (tertiary/aromatic N) is 1. The molecule has 0 bridgehead atoms. The first-order valence-corrected chi connectivity index (χ1v) is 12.2. The number of hydrogen-bond acceptors (Lipinski definition) is 5. The molecule has 182 valence electrons. The molecular weight excluding hydrogens is 522 g/mol. The number of fused-ring (bicyclic) bond motifs is 1. The van der Waals surface area contributed by atoms with E-state index in [-0.39, 0.29) is 38.4 Å². The first-order chi connectivity index (χ1) is 16.5. The lowest BCUT2D eigenvalue weighted by atomic mass is 10.1. The van der Waals surface area contributed by atoms with Gasteiger partial charge in [-0.05, 0) is 55.0 Å². The van der Waals surface area contributed by atoms with Crippen molar-refractivity contribution in [2.24, 2.45) is 0 Å². The number of rotatable bonds is 6. The molecule has 0 unspecified atom stereocenters. The molecule has 0 saturated heterocycles. The molecule has 1 aliphatic heterocycles. The number of carbonyl (C=O) groups is 2. The Hall–Kier alpha value is -3.34. The SMILES string of the molecule is COc1cc(C(=O)Nc2ccc(C(=O)O)c(F)c2)cc2c1CCN2S(=O)(=O)c1cc(Cl)cc(Cl)c1. The van der Waals surface area contributed by atoms with Crippen molar-refractivity contribution in [1.82, 2.24) is 0 Å². The molecule has 12 heteroatoms. The second-order valence-corrected chi connectivity index (χ2v) is 10.3. The van der Waals surface area contributed by atoms with E-state index in [1.807, 2.05) is 0 Å². The highest BCUT2D eigenvalue weighted by molar-refractivity contribution is 7.92. The van der Waals surface area contributed by atoms with E-state index in [2.05, 4.69) is 5.32 Å². The molecule has 0 aromatic heterocycles. The Morgan fingerprint density at radius 1 is 1.09 bits per heavy atom. The van der Waals surface area contributed by atoms with Crippen molar-refractivity contribution >= 4 is 56.5 Å². The number of carbonyl (C=O) groups excluding carboxylic acids is 1. The summed E-state index contributed by atoms with van der Waals surface area (Å²) in [5.41, 5.74) is 0.379. The highest BCUT2D eigenvalue weighted by Crippen LogP contribution is 2.40. The summed E-state index contributed by atoms with van der Waals surface area (Å²) >= 11 is 12.0. The molecular formula is C23H17Cl2FN2O6S. The third-order valence-electron chi connectivity index (χ3n) is 5.38. The monoisotopic (exact) mass is 538 g/mol. The van der Waals surface area contributed by atoms with Crippen LogP contribution in [0.15, 0.2) is 53.4 Å². The zero-order valence-electron chi connectivity index (χ0n) is 18.0. The molecule has 0 spiro atoms. The number of aromatic carboxylic acids is 1. The van der Waals surface area contributed by atoms with E-state index in [4.69, 9.17) is 33.0 Å². The number of carboxylic acids is 1. The highest BCUT2D eigenvalue weighted by Gasteiger charge is 2.34. The van der Waals surface area contributed by atoms with Gasteiger partial charge in [0, 0.05) is 33.4 Å². The van der Waals surface area contributed by atoms with Crippen LogP contribution in [0.25, 0.3) is 0 Å². The summed E-state index contributed by atoms with van der Waals surface area (Å²) in [6.07, 6.45) is 0.343. The number of benzene rings is 3. The lowest BCUT2D eigenvalue weighted by Gasteiger charge is -2.21. The van der Waals surface area contributed by atoms with Gasteiger partial charge in [0.1, 0.15) is 11.6 Å². The van der Waals surface area contributed by atoms with E-state index in [1.54, 1.807) is 0 Å². The van der Waals surface area contributed by atoms with E-state index >= 15 is 0 Å². The Bertz CT molecular complexity index is 1460. The lowest BCUT2D eigenvalue weighted by Crippen LogP contribution is -2.29. The number of ether oxygens (including phenoxy) is 1. The summed E-state index contributed by atoms with van der Waals surface area (Å²) in [5, 5.41) is 11.7. The van der Waals surface area contributed by atoms with Gasteiger partial charge in [-0.15, -0.1) is 0 Å². The number of amides is 1. The molecule has 3 aromatic carbocycles. The average Bonchev–Trinajstić information content (AvgIpc) is 3.22. The average molecular weight is 539 g/mol. The fourth-order valence-corrected chi connectivity index (χ4v) is 5.99. The van der Waals surface area contributed by atoms with Crippen LogP contribution in [0.2, 0.25) is 10.0 Å². The Balaban J connectivity index is 1.71. The van der Waals surface area contributed by atoms with Gasteiger partial charge in [-0.2, -0.15) is 0 Å². The molecule has 35 heavy (non-hydrogen) atoms. The number of hydrogen-bond donors (Lipinski definition) is 2. The summed E-state index contributed by atoms with van der Waals surface area (Å²) in [5.74, 6) is -2.82. The van der Waals surface area contributed by atoms with E-state index < -0.39 is 33.3 Å². The van der Waals surface area contributed by atoms with Crippen LogP contribution in [0, 0.1) is 5.82 Å². The molecule has 0 atom stereocenters. The summed E-state index contributed by atoms with van der Waals surface area (Å²) in [4.78, 5) is 23.8. The zero-order chi connectivity index (χ0) is 25.5. The highest BCUT2D eigenvalue weighted by atomic mass is 35.5. The van der Waals surface area contributed by atoms with Gasteiger partial charge >= 0.3 is 5.97 Å². The van der Waals surface area contributed by atoms with E-state index in [9.17, 15) is 22.4 Å². The van der Waals surface area contributed by atoms with Gasteiger partial charge in [-0.3, -0.25) is 9.10 Å². The number of sulfonamides is 1. The third-order valence-corrected chi connectivity index (χ3v) is 7.61. The van der Waals surface area contributed by atoms with Gasteiger partial charge in [-0.25, -0.2) is 17.6 Å². The minimum atomic E-state index is -4.07. The number of nitrogens with one attached hydrogen (secondary N) is 1. The molecule has 0 saturated carbocycles. The fraction of sp³-hybridized carbons (Fsp3) is 0.130. The summed E-state index contributed by atoms with van der Waals surface area (Å²) in [7, 11) is -2.68. The second kappa shape index (κ2) is 9.37. The molecule has 1 heterocycles. The van der Waals surface area contributed by atoms with Crippen molar-refractivity contribution in [3.63, 3.8) is 0 Å². The lowest BCUT2D eigenvalue weighted by molar-refractivity contribution is 0.0691. The molecule has 3 aromatic rings. The maximum atomic E-state index is 14.0. The third kappa shape index (κ3) is 4.77. The number of methoxy groups -OCH3 is 1. The first kappa shape index (κ1) is 24.8. The van der Waals surface area contributed by atoms with Crippen LogP contribution < -0.4 is 14.4 Å². The fourth-order valence-electron chi connectivity index (χ4n) is 3.78. The van der Waals surface area contributed by atoms with Crippen LogP contribution in [-0.2, 0) is 16.4 Å². The van der Waals surface area contributed by atoms with Crippen molar-refractivity contribution in [3.8, 4) is 5.75 Å². The van der Waals surface area contributed by atoms with Crippen LogP contribution in [0.3, 0.4) is 0 Å². The van der Waals surface area contributed by atoms with Gasteiger partial charge in [0.2, 0.25) is 0 Å². The van der Waals surface area contributed by atoms with Gasteiger partial charge in [0.25, 0.3) is 15.9 Å². The van der Waals surface area contributed by atoms with E-state index in [0.29, 0.717) is 17.7 Å². The maximum Gasteiger partial charge on any atom is 0.338 e. The summed E-state index contributed by atoms with van der Waals surface area (Å²) in [6, 6.07) is 9.97. The topological polar surface area (TPSA) is 113 Å². The molecule has 1 aliphatic rings. The van der Waals surface area contributed by atoms with Crippen molar-refractivity contribution in [2.45, 2.75) is 11.3 Å². The molecule has 0 aliphatic carbocycles. The molecule has 0 radical (unpaired) electrons. The second-order valence-electron chi connectivity index (χ2n) is 7.56. The van der Waals surface area contributed by atoms with Crippen LogP contribution in [0.4, 0.5) is 15.8 Å². The maximum absolute atomic E-state index is 14.0. The minimum absolute atomic E-state index is 0.0232. The van der Waals surface area contributed by atoms with Crippen molar-refractivity contribution in [2.75, 3.05) is 23.3 Å². The predicted octanol–water partition coefficient (Wildman–Crippen LogP) is 4.84. The summed E-state index contributed by atoms with van der Waals surface area (Å²) < 4.78 is 47.3. The largest absolute Gasteiger partial charge is 0.496 e. The van der Waals surface area contributed by atoms with Crippen molar-refractivity contribution < 1.29 is 32.2 Å². The van der Waals surface area contributed by atoms with Gasteiger partial charge in [-0.1, -0.05) is 23.2 Å². The molecule has 2 N–H and O–H groups in total. The number of carboxylic acid groups (broad SMARTS) is 1. The van der Waals surface area contributed by atoms with Crippen LogP contribution in [0.5, 0.6) is 5.75 Å². The molecule has 4 rings (SSSR count). The normalized spacial score (nSPS) is 12.9. The number of anilines is 2.